The van der Waals surface area contributed by atoms with Crippen molar-refractivity contribution in [3.63, 3.8) is 0 Å². The standard InChI is InChI=1S/C29H33FN8O2/c30-22-6-1-5-21(19-22)24-8-3-14-37(24)28-11-10-26-32-20-25(38(26)34-28)23-7-2-9-27(33-23)36-17-15-35(16-18-36)13-4-12-31-29(39)40/h1-2,5-7,9-11,19-20,24,31H,3-4,8,12-18H2,(H,39,40)/t24-/m1/s1. The van der Waals surface area contributed by atoms with Crippen LogP contribution in [0.3, 0.4) is 0 Å². The van der Waals surface area contributed by atoms with Crippen LogP contribution in [0.4, 0.5) is 20.8 Å². The Morgan fingerprint density at radius 1 is 1.02 bits per heavy atom. The zero-order valence-corrected chi connectivity index (χ0v) is 22.3. The van der Waals surface area contributed by atoms with E-state index in [0.717, 1.165) is 92.8 Å². The lowest BCUT2D eigenvalue weighted by Gasteiger charge is -2.35. The fourth-order valence-corrected chi connectivity index (χ4v) is 5.73. The maximum atomic E-state index is 14.0. The zero-order chi connectivity index (χ0) is 27.5. The summed E-state index contributed by atoms with van der Waals surface area (Å²) in [6.45, 7) is 5.72. The Bertz CT molecular complexity index is 1490. The van der Waals surface area contributed by atoms with E-state index in [1.54, 1.807) is 12.1 Å². The molecule has 0 spiro atoms. The number of carboxylic acid groups (broad SMARTS) is 1. The number of nitrogens with one attached hydrogen (secondary N) is 1. The number of hydrogen-bond acceptors (Lipinski definition) is 7. The van der Waals surface area contributed by atoms with Gasteiger partial charge in [0.2, 0.25) is 0 Å². The molecule has 1 amide bonds. The summed E-state index contributed by atoms with van der Waals surface area (Å²) < 4.78 is 15.8. The van der Waals surface area contributed by atoms with Crippen LogP contribution >= 0.6 is 0 Å². The summed E-state index contributed by atoms with van der Waals surface area (Å²) in [4.78, 5) is 27.1. The molecule has 2 aliphatic rings. The van der Waals surface area contributed by atoms with E-state index in [4.69, 9.17) is 15.2 Å². The van der Waals surface area contributed by atoms with Gasteiger partial charge in [-0.3, -0.25) is 4.90 Å². The first-order valence-electron chi connectivity index (χ1n) is 13.8. The van der Waals surface area contributed by atoms with Crippen LogP contribution in [0.25, 0.3) is 17.0 Å². The number of fused-ring (bicyclic) bond motifs is 1. The Labute approximate surface area is 232 Å². The van der Waals surface area contributed by atoms with Gasteiger partial charge in [-0.05, 0) is 67.8 Å². The molecule has 0 aliphatic carbocycles. The predicted octanol–water partition coefficient (Wildman–Crippen LogP) is 4.05. The molecule has 2 aliphatic heterocycles. The second-order valence-corrected chi connectivity index (χ2v) is 10.3. The summed E-state index contributed by atoms with van der Waals surface area (Å²) in [5, 5.41) is 16.1. The van der Waals surface area contributed by atoms with E-state index in [9.17, 15) is 9.18 Å². The highest BCUT2D eigenvalue weighted by atomic mass is 19.1. The number of nitrogens with zero attached hydrogens (tertiary/aromatic N) is 7. The number of aromatic nitrogens is 4. The van der Waals surface area contributed by atoms with Crippen molar-refractivity contribution in [2.24, 2.45) is 0 Å². The molecule has 5 heterocycles. The van der Waals surface area contributed by atoms with Gasteiger partial charge in [-0.25, -0.2) is 23.7 Å². The van der Waals surface area contributed by atoms with E-state index in [1.165, 1.54) is 6.07 Å². The fraction of sp³-hybridized carbons (Fsp3) is 0.379. The molecule has 1 atom stereocenters. The first-order chi connectivity index (χ1) is 19.5. The molecule has 0 bridgehead atoms. The highest BCUT2D eigenvalue weighted by Gasteiger charge is 2.28. The van der Waals surface area contributed by atoms with Gasteiger partial charge in [-0.15, -0.1) is 5.10 Å². The maximum Gasteiger partial charge on any atom is 0.404 e. The van der Waals surface area contributed by atoms with Gasteiger partial charge in [0.25, 0.3) is 0 Å². The van der Waals surface area contributed by atoms with Crippen LogP contribution in [0.1, 0.15) is 30.9 Å². The number of amides is 1. The van der Waals surface area contributed by atoms with Crippen molar-refractivity contribution in [1.82, 2.24) is 29.8 Å². The number of carbonyl (C=O) groups is 1. The summed E-state index contributed by atoms with van der Waals surface area (Å²) in [6.07, 6.45) is 3.61. The Morgan fingerprint density at radius 3 is 2.70 bits per heavy atom. The SMILES string of the molecule is O=C(O)NCCCN1CCN(c2cccc(-c3cnc4ccc(N5CCC[C@@H]5c5cccc(F)c5)nn34)n2)CC1. The molecule has 0 unspecified atom stereocenters. The fourth-order valence-electron chi connectivity index (χ4n) is 5.73. The number of hydrogen-bond donors (Lipinski definition) is 2. The Kier molecular flexibility index (Phi) is 7.45. The number of imidazole rings is 1. The average Bonchev–Trinajstić information content (AvgIpc) is 3.63. The van der Waals surface area contributed by atoms with Gasteiger partial charge in [-0.2, -0.15) is 0 Å². The molecule has 3 aromatic heterocycles. The van der Waals surface area contributed by atoms with Gasteiger partial charge in [0, 0.05) is 39.3 Å². The summed E-state index contributed by atoms with van der Waals surface area (Å²) in [5.41, 5.74) is 3.35. The lowest BCUT2D eigenvalue weighted by Crippen LogP contribution is -2.47. The zero-order valence-electron chi connectivity index (χ0n) is 22.3. The highest BCUT2D eigenvalue weighted by Crippen LogP contribution is 2.35. The topological polar surface area (TPSA) is 102 Å². The Hall–Kier alpha value is -4.25. The van der Waals surface area contributed by atoms with Gasteiger partial charge in [0.15, 0.2) is 5.65 Å². The third-order valence-corrected chi connectivity index (χ3v) is 7.75. The van der Waals surface area contributed by atoms with E-state index in [-0.39, 0.29) is 11.9 Å². The number of halogens is 1. The molecule has 0 radical (unpaired) electrons. The molecule has 40 heavy (non-hydrogen) atoms. The minimum atomic E-state index is -0.975. The number of benzene rings is 1. The van der Waals surface area contributed by atoms with Crippen molar-refractivity contribution < 1.29 is 14.3 Å². The van der Waals surface area contributed by atoms with Gasteiger partial charge in [0.1, 0.15) is 23.1 Å². The van der Waals surface area contributed by atoms with Crippen LogP contribution in [0, 0.1) is 5.82 Å². The normalized spacial score (nSPS) is 18.0. The summed E-state index contributed by atoms with van der Waals surface area (Å²) in [7, 11) is 0. The van der Waals surface area contributed by atoms with Crippen LogP contribution in [0.5, 0.6) is 0 Å². The van der Waals surface area contributed by atoms with E-state index in [2.05, 4.69) is 25.0 Å². The first kappa shape index (κ1) is 26.0. The summed E-state index contributed by atoms with van der Waals surface area (Å²) in [6, 6.07) is 16.9. The van der Waals surface area contributed by atoms with Crippen molar-refractivity contribution in [3.05, 3.63) is 72.2 Å². The average molecular weight is 545 g/mol. The van der Waals surface area contributed by atoms with E-state index >= 15 is 0 Å². The quantitative estimate of drug-likeness (QED) is 0.321. The van der Waals surface area contributed by atoms with Crippen molar-refractivity contribution in [2.45, 2.75) is 25.3 Å². The molecular formula is C29H33FN8O2. The lowest BCUT2D eigenvalue weighted by molar-refractivity contribution is 0.192. The van der Waals surface area contributed by atoms with Crippen molar-refractivity contribution in [1.29, 1.82) is 0 Å². The molecule has 11 heteroatoms. The molecular weight excluding hydrogens is 511 g/mol. The first-order valence-corrected chi connectivity index (χ1v) is 13.8. The predicted molar refractivity (Wildman–Crippen MR) is 151 cm³/mol. The molecule has 1 aromatic carbocycles. The molecule has 2 N–H and O–H groups in total. The largest absolute Gasteiger partial charge is 0.465 e. The number of pyridine rings is 1. The number of piperazine rings is 1. The molecule has 4 aromatic rings. The van der Waals surface area contributed by atoms with Gasteiger partial charge in [0.05, 0.1) is 17.9 Å². The van der Waals surface area contributed by atoms with Crippen LogP contribution in [0.15, 0.2) is 60.8 Å². The van der Waals surface area contributed by atoms with Crippen LogP contribution < -0.4 is 15.1 Å². The monoisotopic (exact) mass is 544 g/mol. The maximum absolute atomic E-state index is 14.0. The molecule has 0 saturated carbocycles. The third-order valence-electron chi connectivity index (χ3n) is 7.75. The molecule has 6 rings (SSSR count). The van der Waals surface area contributed by atoms with Crippen LogP contribution in [-0.4, -0.2) is 81.5 Å². The van der Waals surface area contributed by atoms with Crippen molar-refractivity contribution >= 4 is 23.4 Å². The van der Waals surface area contributed by atoms with Crippen LogP contribution in [-0.2, 0) is 0 Å². The molecule has 2 fully saturated rings. The van der Waals surface area contributed by atoms with Crippen LogP contribution in [0.2, 0.25) is 0 Å². The second-order valence-electron chi connectivity index (χ2n) is 10.3. The minimum Gasteiger partial charge on any atom is -0.465 e. The molecule has 2 saturated heterocycles. The Balaban J connectivity index is 1.18. The van der Waals surface area contributed by atoms with Gasteiger partial charge >= 0.3 is 6.09 Å². The highest BCUT2D eigenvalue weighted by molar-refractivity contribution is 5.64. The lowest BCUT2D eigenvalue weighted by atomic mass is 10.0. The van der Waals surface area contributed by atoms with E-state index in [1.807, 2.05) is 47.1 Å². The third kappa shape index (κ3) is 5.55. The van der Waals surface area contributed by atoms with Crippen molar-refractivity contribution in [3.8, 4) is 11.4 Å². The Morgan fingerprint density at radius 2 is 1.88 bits per heavy atom. The number of rotatable bonds is 8. The minimum absolute atomic E-state index is 0.0844. The smallest absolute Gasteiger partial charge is 0.404 e. The van der Waals surface area contributed by atoms with Gasteiger partial charge in [-0.1, -0.05) is 18.2 Å². The molecule has 208 valence electrons. The van der Waals surface area contributed by atoms with Gasteiger partial charge < -0.3 is 20.2 Å². The molecule has 10 nitrogen and oxygen atoms in total. The van der Waals surface area contributed by atoms with E-state index in [0.29, 0.717) is 6.54 Å². The van der Waals surface area contributed by atoms with E-state index < -0.39 is 6.09 Å². The number of anilines is 2. The summed E-state index contributed by atoms with van der Waals surface area (Å²) in [5.74, 6) is 1.54. The summed E-state index contributed by atoms with van der Waals surface area (Å²) >= 11 is 0. The van der Waals surface area contributed by atoms with Crippen molar-refractivity contribution in [2.75, 3.05) is 55.6 Å². The second kappa shape index (κ2) is 11.5.